The molecule has 3 aromatic rings. The summed E-state index contributed by atoms with van der Waals surface area (Å²) < 4.78 is 0. The van der Waals surface area contributed by atoms with Crippen LogP contribution in [0.4, 0.5) is 0 Å². The van der Waals surface area contributed by atoms with E-state index in [2.05, 4.69) is 29.4 Å². The number of thiazole rings is 1. The molecule has 3 rings (SSSR count). The summed E-state index contributed by atoms with van der Waals surface area (Å²) >= 11 is 1.70. The van der Waals surface area contributed by atoms with Crippen LogP contribution in [0.3, 0.4) is 0 Å². The Kier molecular flexibility index (Phi) is 5.35. The van der Waals surface area contributed by atoms with E-state index in [0.29, 0.717) is 6.54 Å². The first kappa shape index (κ1) is 16.8. The van der Waals surface area contributed by atoms with Gasteiger partial charge in [-0.2, -0.15) is 0 Å². The first-order chi connectivity index (χ1) is 11.6. The van der Waals surface area contributed by atoms with Crippen LogP contribution >= 0.6 is 11.3 Å². The highest BCUT2D eigenvalue weighted by Crippen LogP contribution is 2.31. The molecule has 0 bridgehead atoms. The Balaban J connectivity index is 1.67. The monoisotopic (exact) mass is 339 g/mol. The highest BCUT2D eigenvalue weighted by atomic mass is 32.1. The summed E-state index contributed by atoms with van der Waals surface area (Å²) in [6.45, 7) is 4.63. The largest absolute Gasteiger partial charge is 0.387 e. The summed E-state index contributed by atoms with van der Waals surface area (Å²) in [6.07, 6.45) is 2.85. The number of rotatable bonds is 6. The average Bonchev–Trinajstić information content (AvgIpc) is 3.03. The number of pyridine rings is 1. The van der Waals surface area contributed by atoms with Gasteiger partial charge < -0.3 is 10.4 Å². The van der Waals surface area contributed by atoms with Crippen molar-refractivity contribution in [1.29, 1.82) is 0 Å². The first-order valence-electron chi connectivity index (χ1n) is 7.99. The van der Waals surface area contributed by atoms with Gasteiger partial charge in [0.15, 0.2) is 0 Å². The maximum absolute atomic E-state index is 10.3. The zero-order valence-corrected chi connectivity index (χ0v) is 14.6. The van der Waals surface area contributed by atoms with Crippen molar-refractivity contribution in [2.45, 2.75) is 26.0 Å². The van der Waals surface area contributed by atoms with Gasteiger partial charge in [0.1, 0.15) is 5.01 Å². The predicted molar refractivity (Wildman–Crippen MR) is 97.9 cm³/mol. The Morgan fingerprint density at radius 2 is 1.83 bits per heavy atom. The smallest absolute Gasteiger partial charge is 0.123 e. The molecule has 0 spiro atoms. The topological polar surface area (TPSA) is 58.0 Å². The number of aryl methyl sites for hydroxylation is 1. The summed E-state index contributed by atoms with van der Waals surface area (Å²) in [5.41, 5.74) is 3.05. The highest BCUT2D eigenvalue weighted by Gasteiger charge is 2.16. The van der Waals surface area contributed by atoms with Crippen molar-refractivity contribution in [3.8, 4) is 10.6 Å². The van der Waals surface area contributed by atoms with Gasteiger partial charge in [0, 0.05) is 35.4 Å². The summed E-state index contributed by atoms with van der Waals surface area (Å²) in [5, 5.41) is 14.7. The van der Waals surface area contributed by atoms with E-state index in [-0.39, 0.29) is 6.04 Å². The van der Waals surface area contributed by atoms with Crippen molar-refractivity contribution in [2.24, 2.45) is 0 Å². The van der Waals surface area contributed by atoms with Crippen molar-refractivity contribution in [3.05, 3.63) is 71.0 Å². The van der Waals surface area contributed by atoms with E-state index in [1.165, 1.54) is 4.88 Å². The van der Waals surface area contributed by atoms with Crippen molar-refractivity contribution in [2.75, 3.05) is 6.54 Å². The second-order valence-corrected chi connectivity index (χ2v) is 6.79. The number of nitrogens with zero attached hydrogens (tertiary/aromatic N) is 2. The van der Waals surface area contributed by atoms with Crippen LogP contribution in [0.2, 0.25) is 0 Å². The van der Waals surface area contributed by atoms with Crippen LogP contribution in [-0.2, 0) is 0 Å². The molecule has 2 N–H and O–H groups in total. The number of aliphatic hydroxyl groups is 1. The van der Waals surface area contributed by atoms with Crippen LogP contribution in [-0.4, -0.2) is 21.6 Å². The van der Waals surface area contributed by atoms with Gasteiger partial charge in [-0.15, -0.1) is 11.3 Å². The van der Waals surface area contributed by atoms with Gasteiger partial charge >= 0.3 is 0 Å². The Morgan fingerprint density at radius 1 is 1.12 bits per heavy atom. The number of hydrogen-bond donors (Lipinski definition) is 2. The van der Waals surface area contributed by atoms with E-state index < -0.39 is 6.10 Å². The molecule has 0 fully saturated rings. The Hall–Kier alpha value is -2.08. The molecule has 1 aromatic carbocycles. The molecular formula is C19H21N3OS. The second kappa shape index (κ2) is 7.66. The molecule has 5 heteroatoms. The van der Waals surface area contributed by atoms with Gasteiger partial charge in [-0.05, 0) is 31.5 Å². The third-order valence-electron chi connectivity index (χ3n) is 3.95. The molecule has 0 saturated carbocycles. The maximum atomic E-state index is 10.3. The number of aromatic nitrogens is 2. The molecule has 4 nitrogen and oxygen atoms in total. The minimum atomic E-state index is -0.544. The fraction of sp³-hybridized carbons (Fsp3) is 0.263. The van der Waals surface area contributed by atoms with Crippen LogP contribution in [0.5, 0.6) is 0 Å². The molecule has 0 aliphatic rings. The molecule has 0 aliphatic carbocycles. The SMILES string of the molecule is Cc1nc(-c2ccccc2)sc1C(C)NCC(O)c1ccncc1. The standard InChI is InChI=1S/C19H21N3OS/c1-13(21-12-17(23)15-8-10-20-11-9-15)18-14(2)22-19(24-18)16-6-4-3-5-7-16/h3-11,13,17,21,23H,12H2,1-2H3. The van der Waals surface area contributed by atoms with Crippen LogP contribution in [0.1, 0.15) is 35.2 Å². The quantitative estimate of drug-likeness (QED) is 0.715. The first-order valence-corrected chi connectivity index (χ1v) is 8.81. The molecule has 2 heterocycles. The lowest BCUT2D eigenvalue weighted by molar-refractivity contribution is 0.171. The predicted octanol–water partition coefficient (Wildman–Crippen LogP) is 3.90. The maximum Gasteiger partial charge on any atom is 0.123 e. The number of nitrogens with one attached hydrogen (secondary N) is 1. The molecule has 0 saturated heterocycles. The Morgan fingerprint density at radius 3 is 2.54 bits per heavy atom. The van der Waals surface area contributed by atoms with Crippen LogP contribution in [0.25, 0.3) is 10.6 Å². The molecule has 0 amide bonds. The summed E-state index contributed by atoms with van der Waals surface area (Å²) in [4.78, 5) is 9.88. The van der Waals surface area contributed by atoms with Crippen molar-refractivity contribution >= 4 is 11.3 Å². The normalized spacial score (nSPS) is 13.6. The van der Waals surface area contributed by atoms with Crippen molar-refractivity contribution in [1.82, 2.24) is 15.3 Å². The third-order valence-corrected chi connectivity index (χ3v) is 5.34. The minimum Gasteiger partial charge on any atom is -0.387 e. The molecule has 124 valence electrons. The van der Waals surface area contributed by atoms with Crippen LogP contribution in [0, 0.1) is 6.92 Å². The van der Waals surface area contributed by atoms with Crippen LogP contribution in [0.15, 0.2) is 54.9 Å². The van der Waals surface area contributed by atoms with Crippen LogP contribution < -0.4 is 5.32 Å². The fourth-order valence-electron chi connectivity index (χ4n) is 2.60. The van der Waals surface area contributed by atoms with Gasteiger partial charge in [0.2, 0.25) is 0 Å². The molecule has 0 aliphatic heterocycles. The minimum absolute atomic E-state index is 0.136. The number of hydrogen-bond acceptors (Lipinski definition) is 5. The third kappa shape index (κ3) is 3.87. The van der Waals surface area contributed by atoms with E-state index in [4.69, 9.17) is 4.98 Å². The van der Waals surface area contributed by atoms with Crippen molar-refractivity contribution in [3.63, 3.8) is 0 Å². The van der Waals surface area contributed by atoms with Gasteiger partial charge in [0.25, 0.3) is 0 Å². The molecular weight excluding hydrogens is 318 g/mol. The van der Waals surface area contributed by atoms with Gasteiger partial charge in [0.05, 0.1) is 11.8 Å². The number of aliphatic hydroxyl groups excluding tert-OH is 1. The molecule has 2 aromatic heterocycles. The van der Waals surface area contributed by atoms with E-state index in [1.807, 2.05) is 37.3 Å². The van der Waals surface area contributed by atoms with Gasteiger partial charge in [-0.3, -0.25) is 4.98 Å². The number of benzene rings is 1. The molecule has 2 atom stereocenters. The second-order valence-electron chi connectivity index (χ2n) is 5.76. The van der Waals surface area contributed by atoms with E-state index in [1.54, 1.807) is 23.7 Å². The average molecular weight is 339 g/mol. The van der Waals surface area contributed by atoms with Gasteiger partial charge in [-0.25, -0.2) is 4.98 Å². The Labute approximate surface area is 146 Å². The van der Waals surface area contributed by atoms with Crippen molar-refractivity contribution < 1.29 is 5.11 Å². The van der Waals surface area contributed by atoms with E-state index in [9.17, 15) is 5.11 Å². The zero-order valence-electron chi connectivity index (χ0n) is 13.8. The molecule has 2 unspecified atom stereocenters. The zero-order chi connectivity index (χ0) is 16.9. The fourth-order valence-corrected chi connectivity index (χ4v) is 3.70. The lowest BCUT2D eigenvalue weighted by Gasteiger charge is -2.16. The molecule has 24 heavy (non-hydrogen) atoms. The summed E-state index contributed by atoms with van der Waals surface area (Å²) in [5.74, 6) is 0. The molecule has 0 radical (unpaired) electrons. The summed E-state index contributed by atoms with van der Waals surface area (Å²) in [7, 11) is 0. The summed E-state index contributed by atoms with van der Waals surface area (Å²) in [6, 6.07) is 14.0. The lowest BCUT2D eigenvalue weighted by atomic mass is 10.1. The van der Waals surface area contributed by atoms with E-state index >= 15 is 0 Å². The lowest BCUT2D eigenvalue weighted by Crippen LogP contribution is -2.24. The highest BCUT2D eigenvalue weighted by molar-refractivity contribution is 7.15. The van der Waals surface area contributed by atoms with Gasteiger partial charge in [-0.1, -0.05) is 30.3 Å². The van der Waals surface area contributed by atoms with E-state index in [0.717, 1.165) is 21.8 Å². The Bertz CT molecular complexity index is 774.